The van der Waals surface area contributed by atoms with Crippen LogP contribution in [0.3, 0.4) is 0 Å². The number of fused-ring (bicyclic) bond motifs is 1. The van der Waals surface area contributed by atoms with E-state index < -0.39 is 0 Å². The van der Waals surface area contributed by atoms with Crippen molar-refractivity contribution < 1.29 is 5.21 Å². The fraction of sp³-hybridized carbons (Fsp3) is 0.154. The molecular formula is C13H13N2O3-. The molecule has 5 nitrogen and oxygen atoms in total. The van der Waals surface area contributed by atoms with E-state index in [4.69, 9.17) is 5.21 Å². The average Bonchev–Trinajstić information content (AvgIpc) is 2.35. The monoisotopic (exact) mass is 245 g/mol. The standard InChI is InChI=1S/C13H13N2O3/c1-9(15(17)18)7-10-8-13(16)14(2)12-6-4-3-5-11(10)12/h3-8,17H,1-2H3/q-1/b9-7+. The Labute approximate surface area is 104 Å². The number of aryl methyl sites for hydroxylation is 1. The largest absolute Gasteiger partial charge is 0.734 e. The number of para-hydroxylation sites is 1. The van der Waals surface area contributed by atoms with Gasteiger partial charge in [0.05, 0.1) is 5.52 Å². The number of pyridine rings is 1. The molecule has 0 amide bonds. The van der Waals surface area contributed by atoms with Crippen LogP contribution < -0.4 is 5.56 Å². The summed E-state index contributed by atoms with van der Waals surface area (Å²) in [6, 6.07) is 8.83. The lowest BCUT2D eigenvalue weighted by Gasteiger charge is -2.22. The second kappa shape index (κ2) is 4.64. The molecule has 18 heavy (non-hydrogen) atoms. The Hall–Kier alpha value is -2.11. The summed E-state index contributed by atoms with van der Waals surface area (Å²) in [4.78, 5) is 11.8. The molecule has 94 valence electrons. The molecular weight excluding hydrogens is 232 g/mol. The van der Waals surface area contributed by atoms with E-state index in [0.29, 0.717) is 5.56 Å². The van der Waals surface area contributed by atoms with Crippen LogP contribution in [0.1, 0.15) is 12.5 Å². The average molecular weight is 245 g/mol. The first-order valence-corrected chi connectivity index (χ1v) is 5.44. The van der Waals surface area contributed by atoms with Crippen molar-refractivity contribution in [1.29, 1.82) is 0 Å². The van der Waals surface area contributed by atoms with Crippen molar-refractivity contribution >= 4 is 17.0 Å². The maximum Gasteiger partial charge on any atom is 0.251 e. The fourth-order valence-corrected chi connectivity index (χ4v) is 1.84. The number of nitrogens with zero attached hydrogens (tertiary/aromatic N) is 2. The number of benzene rings is 1. The van der Waals surface area contributed by atoms with Crippen molar-refractivity contribution in [2.75, 3.05) is 0 Å². The molecule has 1 aromatic heterocycles. The first kappa shape index (κ1) is 12.3. The van der Waals surface area contributed by atoms with E-state index in [-0.39, 0.29) is 16.5 Å². The van der Waals surface area contributed by atoms with Crippen LogP contribution in [0.25, 0.3) is 17.0 Å². The first-order valence-electron chi connectivity index (χ1n) is 5.44. The van der Waals surface area contributed by atoms with Crippen LogP contribution in [-0.2, 0) is 7.05 Å². The first-order chi connectivity index (χ1) is 8.50. The summed E-state index contributed by atoms with van der Waals surface area (Å²) in [5.74, 6) is 0. The zero-order valence-electron chi connectivity index (χ0n) is 10.1. The normalized spacial score (nSPS) is 11.9. The van der Waals surface area contributed by atoms with Gasteiger partial charge >= 0.3 is 0 Å². The molecule has 2 aromatic rings. The third-order valence-corrected chi connectivity index (χ3v) is 2.85. The van der Waals surface area contributed by atoms with Crippen molar-refractivity contribution in [3.05, 3.63) is 57.2 Å². The number of rotatable bonds is 2. The van der Waals surface area contributed by atoms with Crippen molar-refractivity contribution in [3.8, 4) is 0 Å². The summed E-state index contributed by atoms with van der Waals surface area (Å²) in [5, 5.41) is 20.2. The predicted molar refractivity (Wildman–Crippen MR) is 69.8 cm³/mol. The van der Waals surface area contributed by atoms with Crippen LogP contribution in [0, 0.1) is 5.21 Å². The molecule has 0 aliphatic carbocycles. The summed E-state index contributed by atoms with van der Waals surface area (Å²) < 4.78 is 1.54. The molecule has 1 aromatic carbocycles. The molecule has 0 atom stereocenters. The number of allylic oxidation sites excluding steroid dienone is 1. The van der Waals surface area contributed by atoms with Crippen LogP contribution in [0.5, 0.6) is 0 Å². The molecule has 2 rings (SSSR count). The minimum absolute atomic E-state index is 0.119. The van der Waals surface area contributed by atoms with Crippen molar-refractivity contribution in [1.82, 2.24) is 9.79 Å². The highest BCUT2D eigenvalue weighted by atomic mass is 16.8. The van der Waals surface area contributed by atoms with Gasteiger partial charge in [0.2, 0.25) is 0 Å². The van der Waals surface area contributed by atoms with E-state index in [1.165, 1.54) is 23.6 Å². The molecule has 0 aliphatic rings. The van der Waals surface area contributed by atoms with Crippen molar-refractivity contribution in [2.45, 2.75) is 6.92 Å². The van der Waals surface area contributed by atoms with E-state index in [9.17, 15) is 10.0 Å². The minimum Gasteiger partial charge on any atom is -0.734 e. The lowest BCUT2D eigenvalue weighted by atomic mass is 10.1. The topological polar surface area (TPSA) is 68.5 Å². The van der Waals surface area contributed by atoms with Crippen LogP contribution in [-0.4, -0.2) is 15.0 Å². The zero-order valence-corrected chi connectivity index (χ0v) is 10.1. The zero-order chi connectivity index (χ0) is 13.3. The van der Waals surface area contributed by atoms with Crippen LogP contribution in [0.4, 0.5) is 0 Å². The molecule has 0 spiro atoms. The Morgan fingerprint density at radius 2 is 2.11 bits per heavy atom. The van der Waals surface area contributed by atoms with Crippen LogP contribution in [0.2, 0.25) is 0 Å². The quantitative estimate of drug-likeness (QED) is 0.822. The molecule has 0 bridgehead atoms. The Kier molecular flexibility index (Phi) is 3.18. The lowest BCUT2D eigenvalue weighted by molar-refractivity contribution is -0.00186. The molecule has 1 heterocycles. The van der Waals surface area contributed by atoms with Gasteiger partial charge in [0.15, 0.2) is 0 Å². The van der Waals surface area contributed by atoms with E-state index in [1.807, 2.05) is 24.3 Å². The molecule has 5 heteroatoms. The molecule has 1 N–H and O–H groups in total. The van der Waals surface area contributed by atoms with Gasteiger partial charge in [-0.1, -0.05) is 18.2 Å². The van der Waals surface area contributed by atoms with Crippen LogP contribution >= 0.6 is 0 Å². The van der Waals surface area contributed by atoms with E-state index in [2.05, 4.69) is 0 Å². The SMILES string of the molecule is C/C(=C\c1cc(=O)n(C)c2ccccc12)N([O-])O. The van der Waals surface area contributed by atoms with Gasteiger partial charge in [0.25, 0.3) is 5.56 Å². The number of hydroxylamine groups is 2. The highest BCUT2D eigenvalue weighted by molar-refractivity contribution is 5.88. The molecule has 0 saturated carbocycles. The van der Waals surface area contributed by atoms with Crippen molar-refractivity contribution in [3.63, 3.8) is 0 Å². The van der Waals surface area contributed by atoms with Gasteiger partial charge in [-0.05, 0) is 24.6 Å². The van der Waals surface area contributed by atoms with Gasteiger partial charge in [-0.25, -0.2) is 0 Å². The van der Waals surface area contributed by atoms with E-state index >= 15 is 0 Å². The fourth-order valence-electron chi connectivity index (χ4n) is 1.84. The molecule has 0 radical (unpaired) electrons. The minimum atomic E-state index is -0.216. The van der Waals surface area contributed by atoms with Gasteiger partial charge in [-0.3, -0.25) is 10.0 Å². The van der Waals surface area contributed by atoms with Crippen molar-refractivity contribution in [2.24, 2.45) is 7.05 Å². The number of hydrogen-bond donors (Lipinski definition) is 1. The summed E-state index contributed by atoms with van der Waals surface area (Å²) in [6.07, 6.45) is 1.48. The third kappa shape index (κ3) is 2.13. The highest BCUT2D eigenvalue weighted by Gasteiger charge is 2.04. The van der Waals surface area contributed by atoms with E-state index in [0.717, 1.165) is 10.9 Å². The molecule has 0 fully saturated rings. The maximum atomic E-state index is 11.8. The predicted octanol–water partition coefficient (Wildman–Crippen LogP) is 2.09. The van der Waals surface area contributed by atoms with Crippen LogP contribution in [0.15, 0.2) is 40.8 Å². The Bertz CT molecular complexity index is 671. The summed E-state index contributed by atoms with van der Waals surface area (Å²) >= 11 is 0. The molecule has 0 saturated heterocycles. The maximum absolute atomic E-state index is 11.8. The summed E-state index contributed by atoms with van der Waals surface area (Å²) in [6.45, 7) is 1.47. The Balaban J connectivity index is 2.76. The van der Waals surface area contributed by atoms with Gasteiger partial charge in [-0.15, -0.1) is 0 Å². The second-order valence-corrected chi connectivity index (χ2v) is 4.07. The summed E-state index contributed by atoms with van der Waals surface area (Å²) in [5.41, 5.74) is 1.34. The number of hydrogen-bond acceptors (Lipinski definition) is 4. The number of aromatic nitrogens is 1. The Morgan fingerprint density at radius 1 is 1.44 bits per heavy atom. The van der Waals surface area contributed by atoms with Gasteiger partial charge < -0.3 is 15.0 Å². The van der Waals surface area contributed by atoms with Gasteiger partial charge in [0, 0.05) is 24.2 Å². The van der Waals surface area contributed by atoms with Gasteiger partial charge in [-0.2, -0.15) is 0 Å². The molecule has 0 unspecified atom stereocenters. The van der Waals surface area contributed by atoms with E-state index in [1.54, 1.807) is 7.05 Å². The second-order valence-electron chi connectivity index (χ2n) is 4.07. The molecule has 0 aliphatic heterocycles. The Morgan fingerprint density at radius 3 is 2.78 bits per heavy atom. The highest BCUT2D eigenvalue weighted by Crippen LogP contribution is 2.19. The van der Waals surface area contributed by atoms with Gasteiger partial charge in [0.1, 0.15) is 0 Å². The lowest BCUT2D eigenvalue weighted by Crippen LogP contribution is -2.16. The smallest absolute Gasteiger partial charge is 0.251 e. The third-order valence-electron chi connectivity index (χ3n) is 2.85. The summed E-state index contributed by atoms with van der Waals surface area (Å²) in [7, 11) is 1.69.